The van der Waals surface area contributed by atoms with Crippen LogP contribution in [0.4, 0.5) is 5.82 Å². The van der Waals surface area contributed by atoms with Gasteiger partial charge in [-0.05, 0) is 48.9 Å². The first-order valence-corrected chi connectivity index (χ1v) is 11.1. The predicted octanol–water partition coefficient (Wildman–Crippen LogP) is 2.26. The van der Waals surface area contributed by atoms with Crippen LogP contribution < -0.4 is 14.4 Å². The van der Waals surface area contributed by atoms with E-state index >= 15 is 0 Å². The second-order valence-corrected chi connectivity index (χ2v) is 8.04. The number of aromatic nitrogens is 5. The molecule has 10 heteroatoms. The van der Waals surface area contributed by atoms with Crippen LogP contribution in [0.2, 0.25) is 0 Å². The van der Waals surface area contributed by atoms with Gasteiger partial charge in [0.05, 0.1) is 12.8 Å². The fourth-order valence-corrected chi connectivity index (χ4v) is 3.97. The number of rotatable bonds is 6. The molecular formula is C24H25N7O3. The Labute approximate surface area is 196 Å². The summed E-state index contributed by atoms with van der Waals surface area (Å²) in [7, 11) is 1.63. The quantitative estimate of drug-likeness (QED) is 0.433. The molecule has 0 atom stereocenters. The van der Waals surface area contributed by atoms with E-state index in [9.17, 15) is 4.79 Å². The standard InChI is InChI=1S/C24H25N7O3/c1-17-4-3-5-20(14-17)34-15-21(32)29-10-12-30(13-11-29)23-22-24(26-16-25-23)31(28-27-22)18-6-8-19(33-2)9-7-18/h3-9,14,16H,10-13,15H2,1-2H3. The Hall–Kier alpha value is -4.21. The van der Waals surface area contributed by atoms with Crippen LogP contribution in [-0.4, -0.2) is 75.7 Å². The average molecular weight is 460 g/mol. The molecule has 1 saturated heterocycles. The number of piperazine rings is 1. The fourth-order valence-electron chi connectivity index (χ4n) is 3.97. The van der Waals surface area contributed by atoms with Crippen LogP contribution in [0.5, 0.6) is 11.5 Å². The molecule has 2 aromatic carbocycles. The van der Waals surface area contributed by atoms with Crippen LogP contribution >= 0.6 is 0 Å². The summed E-state index contributed by atoms with van der Waals surface area (Å²) in [5.74, 6) is 2.16. The maximum absolute atomic E-state index is 12.6. The van der Waals surface area contributed by atoms with E-state index in [1.807, 2.05) is 60.4 Å². The van der Waals surface area contributed by atoms with E-state index in [2.05, 4.69) is 25.2 Å². The van der Waals surface area contributed by atoms with Crippen molar-refractivity contribution in [2.75, 3.05) is 44.8 Å². The van der Waals surface area contributed by atoms with Crippen molar-refractivity contribution in [3.63, 3.8) is 0 Å². The van der Waals surface area contributed by atoms with E-state index in [0.717, 1.165) is 17.0 Å². The molecule has 4 aromatic rings. The Morgan fingerprint density at radius 2 is 1.79 bits per heavy atom. The predicted molar refractivity (Wildman–Crippen MR) is 126 cm³/mol. The molecule has 1 aliphatic rings. The van der Waals surface area contributed by atoms with Crippen molar-refractivity contribution in [3.8, 4) is 17.2 Å². The molecule has 0 aliphatic carbocycles. The minimum Gasteiger partial charge on any atom is -0.497 e. The van der Waals surface area contributed by atoms with Crippen LogP contribution in [0.25, 0.3) is 16.9 Å². The Bertz CT molecular complexity index is 1300. The molecule has 5 rings (SSSR count). The minimum absolute atomic E-state index is 0.0252. The molecule has 10 nitrogen and oxygen atoms in total. The van der Waals surface area contributed by atoms with Crippen LogP contribution in [0.3, 0.4) is 0 Å². The van der Waals surface area contributed by atoms with E-state index in [4.69, 9.17) is 9.47 Å². The molecule has 0 N–H and O–H groups in total. The zero-order valence-corrected chi connectivity index (χ0v) is 19.1. The first-order valence-electron chi connectivity index (χ1n) is 11.1. The van der Waals surface area contributed by atoms with Gasteiger partial charge in [0.2, 0.25) is 0 Å². The van der Waals surface area contributed by atoms with Gasteiger partial charge in [0, 0.05) is 26.2 Å². The topological polar surface area (TPSA) is 98.5 Å². The number of ether oxygens (including phenoxy) is 2. The largest absolute Gasteiger partial charge is 0.497 e. The molecule has 1 amide bonds. The van der Waals surface area contributed by atoms with Crippen LogP contribution in [0, 0.1) is 6.92 Å². The zero-order valence-electron chi connectivity index (χ0n) is 19.1. The summed E-state index contributed by atoms with van der Waals surface area (Å²) < 4.78 is 12.6. The molecule has 0 radical (unpaired) electrons. The van der Waals surface area contributed by atoms with Crippen molar-refractivity contribution in [3.05, 3.63) is 60.4 Å². The number of carbonyl (C=O) groups excluding carboxylic acids is 1. The average Bonchev–Trinajstić information content (AvgIpc) is 3.32. The van der Waals surface area contributed by atoms with Gasteiger partial charge in [-0.2, -0.15) is 4.68 Å². The Morgan fingerprint density at radius 1 is 1.00 bits per heavy atom. The van der Waals surface area contributed by atoms with Crippen molar-refractivity contribution in [1.82, 2.24) is 29.9 Å². The van der Waals surface area contributed by atoms with Gasteiger partial charge in [0.1, 0.15) is 17.8 Å². The number of methoxy groups -OCH3 is 1. The Kier molecular flexibility index (Phi) is 5.94. The smallest absolute Gasteiger partial charge is 0.260 e. The fraction of sp³-hybridized carbons (Fsp3) is 0.292. The molecule has 0 saturated carbocycles. The van der Waals surface area contributed by atoms with Crippen LogP contribution in [-0.2, 0) is 4.79 Å². The Morgan fingerprint density at radius 3 is 2.53 bits per heavy atom. The number of amides is 1. The monoisotopic (exact) mass is 459 g/mol. The van der Waals surface area contributed by atoms with Crippen molar-refractivity contribution in [2.45, 2.75) is 6.92 Å². The number of carbonyl (C=O) groups is 1. The van der Waals surface area contributed by atoms with E-state index in [1.54, 1.807) is 11.8 Å². The summed E-state index contributed by atoms with van der Waals surface area (Å²) in [4.78, 5) is 25.4. The molecule has 1 aliphatic heterocycles. The number of benzene rings is 2. The molecule has 3 heterocycles. The second kappa shape index (κ2) is 9.34. The number of hydrogen-bond acceptors (Lipinski definition) is 8. The highest BCUT2D eigenvalue weighted by molar-refractivity contribution is 5.84. The molecular weight excluding hydrogens is 434 g/mol. The molecule has 1 fully saturated rings. The number of aryl methyl sites for hydroxylation is 1. The third kappa shape index (κ3) is 4.34. The van der Waals surface area contributed by atoms with Gasteiger partial charge in [0.25, 0.3) is 5.91 Å². The molecule has 174 valence electrons. The number of hydrogen-bond donors (Lipinski definition) is 0. The van der Waals surface area contributed by atoms with Gasteiger partial charge >= 0.3 is 0 Å². The highest BCUT2D eigenvalue weighted by Crippen LogP contribution is 2.24. The van der Waals surface area contributed by atoms with E-state index in [-0.39, 0.29) is 12.5 Å². The summed E-state index contributed by atoms with van der Waals surface area (Å²) in [5, 5.41) is 8.65. The van der Waals surface area contributed by atoms with Crippen molar-refractivity contribution < 1.29 is 14.3 Å². The highest BCUT2D eigenvalue weighted by atomic mass is 16.5. The van der Waals surface area contributed by atoms with E-state index < -0.39 is 0 Å². The third-order valence-electron chi connectivity index (χ3n) is 5.82. The molecule has 0 bridgehead atoms. The lowest BCUT2D eigenvalue weighted by Gasteiger charge is -2.35. The maximum Gasteiger partial charge on any atom is 0.260 e. The van der Waals surface area contributed by atoms with Gasteiger partial charge in [-0.3, -0.25) is 4.79 Å². The third-order valence-corrected chi connectivity index (χ3v) is 5.82. The van der Waals surface area contributed by atoms with E-state index in [0.29, 0.717) is 48.9 Å². The van der Waals surface area contributed by atoms with Gasteiger partial charge in [-0.1, -0.05) is 17.3 Å². The summed E-state index contributed by atoms with van der Waals surface area (Å²) in [5.41, 5.74) is 3.18. The van der Waals surface area contributed by atoms with Gasteiger partial charge in [0.15, 0.2) is 23.6 Å². The maximum atomic E-state index is 12.6. The molecule has 0 unspecified atom stereocenters. The van der Waals surface area contributed by atoms with Crippen molar-refractivity contribution >= 4 is 22.9 Å². The lowest BCUT2D eigenvalue weighted by Crippen LogP contribution is -2.50. The number of fused-ring (bicyclic) bond motifs is 1. The van der Waals surface area contributed by atoms with Crippen LogP contribution in [0.15, 0.2) is 54.9 Å². The first kappa shape index (κ1) is 21.6. The minimum atomic E-state index is -0.0283. The zero-order chi connectivity index (χ0) is 23.5. The second-order valence-electron chi connectivity index (χ2n) is 8.04. The summed E-state index contributed by atoms with van der Waals surface area (Å²) >= 11 is 0. The number of nitrogens with zero attached hydrogens (tertiary/aromatic N) is 7. The van der Waals surface area contributed by atoms with Crippen molar-refractivity contribution in [1.29, 1.82) is 0 Å². The molecule has 34 heavy (non-hydrogen) atoms. The van der Waals surface area contributed by atoms with Crippen molar-refractivity contribution in [2.24, 2.45) is 0 Å². The molecule has 0 spiro atoms. The number of anilines is 1. The lowest BCUT2D eigenvalue weighted by molar-refractivity contribution is -0.133. The normalized spacial score (nSPS) is 13.8. The summed E-state index contributed by atoms with van der Waals surface area (Å²) in [6.45, 7) is 4.45. The van der Waals surface area contributed by atoms with Gasteiger partial charge in [-0.25, -0.2) is 9.97 Å². The lowest BCUT2D eigenvalue weighted by atomic mass is 10.2. The SMILES string of the molecule is COc1ccc(-n2nnc3c(N4CCN(C(=O)COc5cccc(C)c5)CC4)ncnc32)cc1. The first-order chi connectivity index (χ1) is 16.6. The molecule has 2 aromatic heterocycles. The summed E-state index contributed by atoms with van der Waals surface area (Å²) in [6, 6.07) is 15.2. The van der Waals surface area contributed by atoms with Gasteiger partial charge < -0.3 is 19.3 Å². The van der Waals surface area contributed by atoms with E-state index in [1.165, 1.54) is 6.33 Å². The highest BCUT2D eigenvalue weighted by Gasteiger charge is 2.25. The Balaban J connectivity index is 1.25. The van der Waals surface area contributed by atoms with Crippen LogP contribution in [0.1, 0.15) is 5.56 Å². The summed E-state index contributed by atoms with van der Waals surface area (Å²) in [6.07, 6.45) is 1.52. The van der Waals surface area contributed by atoms with Gasteiger partial charge in [-0.15, -0.1) is 5.10 Å².